The van der Waals surface area contributed by atoms with Gasteiger partial charge in [-0.05, 0) is 103 Å². The van der Waals surface area contributed by atoms with Crippen molar-refractivity contribution >= 4 is 5.57 Å². The minimum Gasteiger partial charge on any atom is -0.265 e. The van der Waals surface area contributed by atoms with Crippen LogP contribution in [0.25, 0.3) is 5.57 Å². The predicted molar refractivity (Wildman–Crippen MR) is 124 cm³/mol. The summed E-state index contributed by atoms with van der Waals surface area (Å²) in [5.41, 5.74) is 11.4. The molecule has 2 aromatic rings. The van der Waals surface area contributed by atoms with E-state index in [1.165, 1.54) is 71.1 Å². The molecule has 152 valence electrons. The van der Waals surface area contributed by atoms with E-state index in [-0.39, 0.29) is 0 Å². The van der Waals surface area contributed by atoms with Gasteiger partial charge >= 0.3 is 0 Å². The maximum Gasteiger partial charge on any atom is 0.0349 e. The highest BCUT2D eigenvalue weighted by atomic mass is 14.6. The number of aromatic nitrogens is 2. The van der Waals surface area contributed by atoms with Crippen molar-refractivity contribution < 1.29 is 0 Å². The summed E-state index contributed by atoms with van der Waals surface area (Å²) in [6, 6.07) is 6.53. The first-order chi connectivity index (χ1) is 14.7. The van der Waals surface area contributed by atoms with Gasteiger partial charge in [-0.3, -0.25) is 9.97 Å². The summed E-state index contributed by atoms with van der Waals surface area (Å²) < 4.78 is 0. The van der Waals surface area contributed by atoms with Crippen molar-refractivity contribution in [2.24, 2.45) is 5.92 Å². The number of allylic oxidation sites excluding steroid dienone is 7. The van der Waals surface area contributed by atoms with E-state index in [2.05, 4.69) is 60.0 Å². The van der Waals surface area contributed by atoms with Crippen molar-refractivity contribution in [1.82, 2.24) is 9.97 Å². The van der Waals surface area contributed by atoms with E-state index in [9.17, 15) is 0 Å². The zero-order valence-corrected chi connectivity index (χ0v) is 17.9. The molecule has 0 unspecified atom stereocenters. The van der Waals surface area contributed by atoms with Gasteiger partial charge in [0.15, 0.2) is 0 Å². The molecule has 2 fully saturated rings. The van der Waals surface area contributed by atoms with Gasteiger partial charge in [0.1, 0.15) is 0 Å². The Morgan fingerprint density at radius 2 is 1.87 bits per heavy atom. The Morgan fingerprint density at radius 1 is 1.10 bits per heavy atom. The van der Waals surface area contributed by atoms with E-state index < -0.39 is 0 Å². The number of fused-ring (bicyclic) bond motifs is 1. The Bertz CT molecular complexity index is 1040. The molecule has 2 saturated carbocycles. The second-order valence-corrected chi connectivity index (χ2v) is 8.96. The summed E-state index contributed by atoms with van der Waals surface area (Å²) in [6.07, 6.45) is 20.9. The van der Waals surface area contributed by atoms with Crippen molar-refractivity contribution in [3.63, 3.8) is 0 Å². The van der Waals surface area contributed by atoms with Gasteiger partial charge in [-0.1, -0.05) is 36.8 Å². The van der Waals surface area contributed by atoms with Crippen molar-refractivity contribution in [2.45, 2.75) is 57.8 Å². The van der Waals surface area contributed by atoms with Crippen LogP contribution in [0.2, 0.25) is 0 Å². The average molecular weight is 395 g/mol. The normalized spacial score (nSPS) is 25.6. The summed E-state index contributed by atoms with van der Waals surface area (Å²) in [6.45, 7) is 6.77. The van der Waals surface area contributed by atoms with Crippen LogP contribution in [0.1, 0.15) is 68.1 Å². The van der Waals surface area contributed by atoms with Gasteiger partial charge in [0.25, 0.3) is 0 Å². The van der Waals surface area contributed by atoms with Crippen LogP contribution in [-0.2, 0) is 6.42 Å². The van der Waals surface area contributed by atoms with Crippen LogP contribution in [-0.4, -0.2) is 9.97 Å². The van der Waals surface area contributed by atoms with Crippen molar-refractivity contribution in [2.75, 3.05) is 0 Å². The first-order valence-corrected chi connectivity index (χ1v) is 11.4. The standard InChI is InChI=1S/C28H30N2/c1-3-5-22-15-23-10-13-30-18-27(23)28(21-6-4-7-21)26(22)14-19(2)24-16-25(17-24)20-8-11-29-12-9-20/h5,8-14,18,24-25H,2-4,6-7,15-17H2,1H3/b22-5-,26-14+. The Hall–Kier alpha value is -2.74. The second kappa shape index (κ2) is 8.18. The minimum absolute atomic E-state index is 0.585. The molecule has 0 atom stereocenters. The second-order valence-electron chi connectivity index (χ2n) is 8.96. The number of hydrogen-bond donors (Lipinski definition) is 0. The average Bonchev–Trinajstić information content (AvgIpc) is 2.69. The highest BCUT2D eigenvalue weighted by Crippen LogP contribution is 2.48. The summed E-state index contributed by atoms with van der Waals surface area (Å²) in [4.78, 5) is 8.63. The molecule has 5 rings (SSSR count). The summed E-state index contributed by atoms with van der Waals surface area (Å²) >= 11 is 0. The molecule has 2 nitrogen and oxygen atoms in total. The zero-order valence-electron chi connectivity index (χ0n) is 17.9. The Kier molecular flexibility index (Phi) is 5.25. The van der Waals surface area contributed by atoms with E-state index in [0.29, 0.717) is 11.8 Å². The molecule has 3 aliphatic rings. The minimum atomic E-state index is 0.585. The third-order valence-electron chi connectivity index (χ3n) is 7.11. The van der Waals surface area contributed by atoms with Gasteiger partial charge < -0.3 is 0 Å². The molecule has 0 amide bonds. The lowest BCUT2D eigenvalue weighted by Gasteiger charge is -2.37. The lowest BCUT2D eigenvalue weighted by atomic mass is 9.67. The van der Waals surface area contributed by atoms with E-state index in [1.807, 2.05) is 18.6 Å². The van der Waals surface area contributed by atoms with Crippen LogP contribution in [0.15, 0.2) is 84.0 Å². The molecule has 0 radical (unpaired) electrons. The molecule has 2 heterocycles. The third kappa shape index (κ3) is 3.49. The number of nitrogens with zero attached hydrogens (tertiary/aromatic N) is 2. The number of rotatable bonds is 4. The molecule has 0 aliphatic heterocycles. The Labute approximate surface area is 180 Å². The van der Waals surface area contributed by atoms with Gasteiger partial charge in [0.05, 0.1) is 0 Å². The third-order valence-corrected chi connectivity index (χ3v) is 7.11. The quantitative estimate of drug-likeness (QED) is 0.559. The SMILES string of the molecule is C=C(/C=C1/C(=C2CCC2)c2cnccc2C/C1=C/CC)C1CC(c2ccncc2)C1. The van der Waals surface area contributed by atoms with Crippen molar-refractivity contribution in [1.29, 1.82) is 0 Å². The van der Waals surface area contributed by atoms with Crippen LogP contribution < -0.4 is 0 Å². The van der Waals surface area contributed by atoms with Crippen LogP contribution in [0.3, 0.4) is 0 Å². The smallest absolute Gasteiger partial charge is 0.0349 e. The molecular formula is C28H30N2. The van der Waals surface area contributed by atoms with Crippen LogP contribution in [0.4, 0.5) is 0 Å². The fourth-order valence-electron chi connectivity index (χ4n) is 5.12. The molecule has 0 N–H and O–H groups in total. The van der Waals surface area contributed by atoms with Gasteiger partial charge in [0, 0.05) is 30.4 Å². The van der Waals surface area contributed by atoms with Crippen molar-refractivity contribution in [3.8, 4) is 0 Å². The van der Waals surface area contributed by atoms with Crippen LogP contribution in [0.5, 0.6) is 0 Å². The predicted octanol–water partition coefficient (Wildman–Crippen LogP) is 6.98. The lowest BCUT2D eigenvalue weighted by Crippen LogP contribution is -2.23. The maximum absolute atomic E-state index is 4.53. The molecule has 3 aliphatic carbocycles. The van der Waals surface area contributed by atoms with Gasteiger partial charge in [-0.25, -0.2) is 0 Å². The highest BCUT2D eigenvalue weighted by Gasteiger charge is 2.33. The van der Waals surface area contributed by atoms with Gasteiger partial charge in [-0.15, -0.1) is 0 Å². The number of hydrogen-bond acceptors (Lipinski definition) is 2. The molecular weight excluding hydrogens is 364 g/mol. The highest BCUT2D eigenvalue weighted by molar-refractivity contribution is 5.90. The molecule has 0 spiro atoms. The Morgan fingerprint density at radius 3 is 2.57 bits per heavy atom. The molecule has 0 aromatic carbocycles. The van der Waals surface area contributed by atoms with E-state index >= 15 is 0 Å². The first kappa shape index (κ1) is 19.2. The topological polar surface area (TPSA) is 25.8 Å². The van der Waals surface area contributed by atoms with E-state index in [1.54, 1.807) is 5.57 Å². The Balaban J connectivity index is 1.46. The molecule has 2 aromatic heterocycles. The maximum atomic E-state index is 4.53. The van der Waals surface area contributed by atoms with Gasteiger partial charge in [0.2, 0.25) is 0 Å². The molecule has 2 heteroatoms. The van der Waals surface area contributed by atoms with Crippen LogP contribution in [0, 0.1) is 5.92 Å². The van der Waals surface area contributed by atoms with Crippen molar-refractivity contribution in [3.05, 3.63) is 101 Å². The zero-order chi connectivity index (χ0) is 20.5. The fraction of sp³-hybridized carbons (Fsp3) is 0.357. The molecule has 30 heavy (non-hydrogen) atoms. The lowest BCUT2D eigenvalue weighted by molar-refractivity contribution is 0.312. The largest absolute Gasteiger partial charge is 0.265 e. The summed E-state index contributed by atoms with van der Waals surface area (Å²) in [7, 11) is 0. The monoisotopic (exact) mass is 394 g/mol. The first-order valence-electron chi connectivity index (χ1n) is 11.4. The van der Waals surface area contributed by atoms with Crippen LogP contribution >= 0.6 is 0 Å². The fourth-order valence-corrected chi connectivity index (χ4v) is 5.12. The summed E-state index contributed by atoms with van der Waals surface area (Å²) in [5, 5.41) is 0. The van der Waals surface area contributed by atoms with E-state index in [0.717, 1.165) is 12.8 Å². The van der Waals surface area contributed by atoms with E-state index in [4.69, 9.17) is 0 Å². The van der Waals surface area contributed by atoms with Gasteiger partial charge in [-0.2, -0.15) is 0 Å². The number of pyridine rings is 2. The summed E-state index contributed by atoms with van der Waals surface area (Å²) in [5.74, 6) is 1.24. The molecule has 0 saturated heterocycles. The molecule has 0 bridgehead atoms.